The predicted octanol–water partition coefficient (Wildman–Crippen LogP) is 4.04. The van der Waals surface area contributed by atoms with Gasteiger partial charge in [-0.2, -0.15) is 0 Å². The maximum atomic E-state index is 14.9. The number of nitrogens with one attached hydrogen (secondary N) is 1. The number of rotatable bonds is 8. The first kappa shape index (κ1) is 23.3. The number of aromatic nitrogens is 2. The van der Waals surface area contributed by atoms with E-state index in [4.69, 9.17) is 9.15 Å². The SMILES string of the molecule is CNS(=O)(=O)[N-]c1cccc(Cc2c(CF)c3ccc(Oc4ncccn4)cc3oc2=O)c1F. The van der Waals surface area contributed by atoms with Gasteiger partial charge in [-0.3, -0.25) is 0 Å². The summed E-state index contributed by atoms with van der Waals surface area (Å²) in [6.45, 7) is -1.01. The summed E-state index contributed by atoms with van der Waals surface area (Å²) in [7, 11) is -2.95. The zero-order chi connectivity index (χ0) is 24.3. The summed E-state index contributed by atoms with van der Waals surface area (Å²) in [5.41, 5.74) is -1.35. The Morgan fingerprint density at radius 2 is 1.88 bits per heavy atom. The highest BCUT2D eigenvalue weighted by Gasteiger charge is 2.18. The van der Waals surface area contributed by atoms with E-state index in [1.165, 1.54) is 48.8 Å². The second-order valence-corrected chi connectivity index (χ2v) is 8.51. The molecule has 0 aliphatic carbocycles. The van der Waals surface area contributed by atoms with E-state index in [0.29, 0.717) is 5.39 Å². The minimum absolute atomic E-state index is 0.0262. The molecular weight excluding hydrogens is 470 g/mol. The minimum Gasteiger partial charge on any atom is -0.561 e. The average molecular weight is 487 g/mol. The number of nitrogens with zero attached hydrogens (tertiary/aromatic N) is 3. The van der Waals surface area contributed by atoms with Gasteiger partial charge in [-0.25, -0.2) is 36.7 Å². The number of benzene rings is 2. The molecule has 0 aliphatic heterocycles. The quantitative estimate of drug-likeness (QED) is 0.372. The maximum Gasteiger partial charge on any atom is 0.340 e. The third-order valence-electron chi connectivity index (χ3n) is 4.88. The van der Waals surface area contributed by atoms with Crippen molar-refractivity contribution in [2.24, 2.45) is 0 Å². The van der Waals surface area contributed by atoms with Gasteiger partial charge in [0.1, 0.15) is 23.8 Å². The van der Waals surface area contributed by atoms with Crippen LogP contribution in [0, 0.1) is 5.82 Å². The van der Waals surface area contributed by atoms with Crippen molar-refractivity contribution in [2.75, 3.05) is 7.05 Å². The van der Waals surface area contributed by atoms with E-state index in [1.807, 2.05) is 4.72 Å². The maximum absolute atomic E-state index is 14.9. The number of hydrogen-bond acceptors (Lipinski definition) is 7. The van der Waals surface area contributed by atoms with E-state index in [2.05, 4.69) is 14.7 Å². The van der Waals surface area contributed by atoms with Gasteiger partial charge in [0.2, 0.25) is 0 Å². The lowest BCUT2D eigenvalue weighted by Gasteiger charge is -2.22. The second kappa shape index (κ2) is 9.53. The molecule has 0 bridgehead atoms. The van der Waals surface area contributed by atoms with Crippen LogP contribution in [0.4, 0.5) is 14.5 Å². The summed E-state index contributed by atoms with van der Waals surface area (Å²) in [5.74, 6) is -0.678. The standard InChI is InChI=1S/C22H17F2N4O5S/c1-25-34(30,31)28-18-5-2-4-13(20(18)24)10-16-17(12-23)15-7-6-14(11-19(15)33-21(16)29)32-22-26-8-3-9-27-22/h2-9,11,25H,10,12H2,1H3/q-1. The lowest BCUT2D eigenvalue weighted by Crippen LogP contribution is -2.16. The van der Waals surface area contributed by atoms with Gasteiger partial charge in [0.25, 0.3) is 0 Å². The zero-order valence-electron chi connectivity index (χ0n) is 17.7. The molecule has 2 aromatic carbocycles. The molecule has 12 heteroatoms. The molecule has 0 aliphatic rings. The summed E-state index contributed by atoms with van der Waals surface area (Å²) in [6.07, 6.45) is 2.65. The van der Waals surface area contributed by atoms with Crippen LogP contribution in [0.25, 0.3) is 15.7 Å². The molecule has 0 atom stereocenters. The van der Waals surface area contributed by atoms with Crippen molar-refractivity contribution in [1.29, 1.82) is 0 Å². The van der Waals surface area contributed by atoms with Crippen molar-refractivity contribution in [3.63, 3.8) is 0 Å². The Hall–Kier alpha value is -3.90. The number of alkyl halides is 1. The van der Waals surface area contributed by atoms with Crippen LogP contribution in [0.15, 0.2) is 64.1 Å². The number of hydrogen-bond donors (Lipinski definition) is 1. The molecule has 0 radical (unpaired) electrons. The Kier molecular flexibility index (Phi) is 6.52. The van der Waals surface area contributed by atoms with Crippen LogP contribution in [-0.4, -0.2) is 25.4 Å². The summed E-state index contributed by atoms with van der Waals surface area (Å²) in [5, 5.41) is 0.303. The van der Waals surface area contributed by atoms with Crippen molar-refractivity contribution in [1.82, 2.24) is 14.7 Å². The molecule has 0 saturated carbocycles. The lowest BCUT2D eigenvalue weighted by atomic mass is 9.98. The van der Waals surface area contributed by atoms with Crippen LogP contribution in [0.1, 0.15) is 16.7 Å². The molecule has 34 heavy (non-hydrogen) atoms. The Morgan fingerprint density at radius 3 is 2.59 bits per heavy atom. The first-order valence-corrected chi connectivity index (χ1v) is 11.3. The molecule has 0 fully saturated rings. The Morgan fingerprint density at radius 1 is 1.12 bits per heavy atom. The van der Waals surface area contributed by atoms with Crippen LogP contribution in [-0.2, 0) is 23.3 Å². The molecule has 176 valence electrons. The van der Waals surface area contributed by atoms with Gasteiger partial charge >= 0.3 is 11.6 Å². The van der Waals surface area contributed by atoms with E-state index in [9.17, 15) is 22.0 Å². The van der Waals surface area contributed by atoms with Gasteiger partial charge < -0.3 is 13.9 Å². The van der Waals surface area contributed by atoms with E-state index >= 15 is 0 Å². The third kappa shape index (κ3) is 4.87. The van der Waals surface area contributed by atoms with Crippen LogP contribution >= 0.6 is 0 Å². The van der Waals surface area contributed by atoms with Crippen molar-refractivity contribution in [3.8, 4) is 11.8 Å². The zero-order valence-corrected chi connectivity index (χ0v) is 18.5. The Bertz CT molecular complexity index is 1510. The van der Waals surface area contributed by atoms with Crippen LogP contribution in [0.5, 0.6) is 11.8 Å². The molecule has 4 rings (SSSR count). The van der Waals surface area contributed by atoms with E-state index < -0.39 is 34.0 Å². The number of ether oxygens (including phenoxy) is 1. The molecule has 9 nitrogen and oxygen atoms in total. The van der Waals surface area contributed by atoms with E-state index in [-0.39, 0.29) is 40.5 Å². The highest BCUT2D eigenvalue weighted by atomic mass is 32.2. The Labute approximate surface area is 192 Å². The fourth-order valence-electron chi connectivity index (χ4n) is 3.26. The van der Waals surface area contributed by atoms with Crippen LogP contribution in [0.3, 0.4) is 0 Å². The summed E-state index contributed by atoms with van der Waals surface area (Å²) >= 11 is 0. The predicted molar refractivity (Wildman–Crippen MR) is 120 cm³/mol. The van der Waals surface area contributed by atoms with Crippen molar-refractivity contribution in [3.05, 3.63) is 92.5 Å². The molecule has 2 aromatic heterocycles. The molecule has 1 N–H and O–H groups in total. The topological polar surface area (TPSA) is 125 Å². The second-order valence-electron chi connectivity index (χ2n) is 6.97. The van der Waals surface area contributed by atoms with Gasteiger partial charge in [-0.15, -0.1) is 0 Å². The van der Waals surface area contributed by atoms with Gasteiger partial charge in [0, 0.05) is 41.4 Å². The lowest BCUT2D eigenvalue weighted by molar-refractivity contribution is 0.440. The monoisotopic (exact) mass is 487 g/mol. The number of halogens is 2. The van der Waals surface area contributed by atoms with Crippen LogP contribution in [0.2, 0.25) is 0 Å². The first-order chi connectivity index (χ1) is 16.3. The van der Waals surface area contributed by atoms with Gasteiger partial charge in [0.15, 0.2) is 10.2 Å². The van der Waals surface area contributed by atoms with Crippen molar-refractivity contribution < 1.29 is 26.4 Å². The van der Waals surface area contributed by atoms with Gasteiger partial charge in [0.05, 0.1) is 0 Å². The normalized spacial score (nSPS) is 11.5. The fourth-order valence-corrected chi connectivity index (χ4v) is 3.75. The molecule has 2 heterocycles. The number of fused-ring (bicyclic) bond motifs is 1. The third-order valence-corrected chi connectivity index (χ3v) is 5.83. The molecule has 0 amide bonds. The molecule has 4 aromatic rings. The van der Waals surface area contributed by atoms with Crippen LogP contribution < -0.4 is 15.1 Å². The van der Waals surface area contributed by atoms with Gasteiger partial charge in [-0.05, 0) is 30.8 Å². The molecule has 0 unspecified atom stereocenters. The largest absolute Gasteiger partial charge is 0.561 e. The minimum atomic E-state index is -4.09. The van der Waals surface area contributed by atoms with E-state index in [1.54, 1.807) is 6.07 Å². The van der Waals surface area contributed by atoms with Gasteiger partial charge in [-0.1, -0.05) is 23.9 Å². The highest BCUT2D eigenvalue weighted by Crippen LogP contribution is 2.31. The molecule has 0 saturated heterocycles. The highest BCUT2D eigenvalue weighted by molar-refractivity contribution is 7.92. The fraction of sp³-hybridized carbons (Fsp3) is 0.136. The Balaban J connectivity index is 1.72. The van der Waals surface area contributed by atoms with E-state index in [0.717, 1.165) is 7.05 Å². The molecule has 0 spiro atoms. The molecular formula is C22H17F2N4O5S-. The first-order valence-electron chi connectivity index (χ1n) is 9.84. The summed E-state index contributed by atoms with van der Waals surface area (Å²) < 4.78 is 68.5. The smallest absolute Gasteiger partial charge is 0.340 e. The average Bonchev–Trinajstić information content (AvgIpc) is 2.82. The van der Waals surface area contributed by atoms with Crippen molar-refractivity contribution >= 4 is 26.9 Å². The summed E-state index contributed by atoms with van der Waals surface area (Å²) in [4.78, 5) is 20.6. The summed E-state index contributed by atoms with van der Waals surface area (Å²) in [6, 6.07) is 10.0. The van der Waals surface area contributed by atoms with Crippen molar-refractivity contribution in [2.45, 2.75) is 13.1 Å².